The molecule has 5 heteroatoms. The van der Waals surface area contributed by atoms with Gasteiger partial charge < -0.3 is 15.2 Å². The van der Waals surface area contributed by atoms with Crippen LogP contribution < -0.4 is 5.73 Å². The van der Waals surface area contributed by atoms with E-state index < -0.39 is 17.4 Å². The van der Waals surface area contributed by atoms with Crippen LogP contribution in [0, 0.1) is 5.41 Å². The molecular formula is C14H19NO4. The van der Waals surface area contributed by atoms with E-state index in [1.165, 1.54) is 7.11 Å². The zero-order chi connectivity index (χ0) is 14.5. The lowest BCUT2D eigenvalue weighted by atomic mass is 9.95. The number of esters is 2. The first-order valence-electron chi connectivity index (χ1n) is 5.94. The Morgan fingerprint density at radius 3 is 2.47 bits per heavy atom. The molecule has 0 aromatic heterocycles. The van der Waals surface area contributed by atoms with Gasteiger partial charge >= 0.3 is 11.9 Å². The average molecular weight is 265 g/mol. The van der Waals surface area contributed by atoms with Gasteiger partial charge in [0.15, 0.2) is 0 Å². The molecule has 0 aliphatic rings. The zero-order valence-corrected chi connectivity index (χ0v) is 11.4. The van der Waals surface area contributed by atoms with Gasteiger partial charge in [-0.15, -0.1) is 0 Å². The lowest BCUT2D eigenvalue weighted by Gasteiger charge is -2.20. The van der Waals surface area contributed by atoms with E-state index in [0.29, 0.717) is 11.3 Å². The Morgan fingerprint density at radius 2 is 1.89 bits per heavy atom. The van der Waals surface area contributed by atoms with Crippen LogP contribution in [0.1, 0.15) is 19.4 Å². The minimum absolute atomic E-state index is 0.0226. The van der Waals surface area contributed by atoms with E-state index in [2.05, 4.69) is 4.74 Å². The highest BCUT2D eigenvalue weighted by Gasteiger charge is 2.30. The lowest BCUT2D eigenvalue weighted by molar-refractivity contribution is -0.158. The summed E-state index contributed by atoms with van der Waals surface area (Å²) >= 11 is 0. The second kappa shape index (κ2) is 6.22. The summed E-state index contributed by atoms with van der Waals surface area (Å²) in [5.41, 5.74) is 6.14. The van der Waals surface area contributed by atoms with Gasteiger partial charge in [0.2, 0.25) is 0 Å². The van der Waals surface area contributed by atoms with Gasteiger partial charge in [-0.3, -0.25) is 9.59 Å². The fourth-order valence-corrected chi connectivity index (χ4v) is 1.50. The van der Waals surface area contributed by atoms with E-state index in [0.717, 1.165) is 0 Å². The van der Waals surface area contributed by atoms with Gasteiger partial charge in [-0.25, -0.2) is 0 Å². The van der Waals surface area contributed by atoms with Gasteiger partial charge in [0.1, 0.15) is 6.61 Å². The molecule has 0 amide bonds. The second-order valence-electron chi connectivity index (χ2n) is 4.91. The van der Waals surface area contributed by atoms with E-state index in [4.69, 9.17) is 10.5 Å². The van der Waals surface area contributed by atoms with Gasteiger partial charge in [0, 0.05) is 5.69 Å². The molecule has 0 aliphatic heterocycles. The predicted octanol–water partition coefficient (Wildman–Crippen LogP) is 1.55. The molecule has 1 aromatic rings. The summed E-state index contributed by atoms with van der Waals surface area (Å²) in [6.45, 7) is 3.29. The molecule has 0 aliphatic carbocycles. The molecule has 1 rings (SSSR count). The van der Waals surface area contributed by atoms with E-state index in [9.17, 15) is 9.59 Å². The second-order valence-corrected chi connectivity index (χ2v) is 4.91. The fourth-order valence-electron chi connectivity index (χ4n) is 1.50. The van der Waals surface area contributed by atoms with Crippen molar-refractivity contribution in [2.75, 3.05) is 19.5 Å². The van der Waals surface area contributed by atoms with Crippen molar-refractivity contribution in [3.8, 4) is 0 Å². The van der Waals surface area contributed by atoms with Gasteiger partial charge in [-0.05, 0) is 25.5 Å². The molecule has 5 nitrogen and oxygen atoms in total. The minimum Gasteiger partial charge on any atom is -0.469 e. The molecule has 2 N–H and O–H groups in total. The van der Waals surface area contributed by atoms with E-state index in [1.54, 1.807) is 38.1 Å². The van der Waals surface area contributed by atoms with E-state index in [-0.39, 0.29) is 13.0 Å². The Kier molecular flexibility index (Phi) is 4.92. The number of carbonyl (C=O) groups is 2. The molecular weight excluding hydrogens is 246 g/mol. The summed E-state index contributed by atoms with van der Waals surface area (Å²) in [6.07, 6.45) is 0.0872. The maximum Gasteiger partial charge on any atom is 0.314 e. The van der Waals surface area contributed by atoms with Crippen LogP contribution in [0.15, 0.2) is 24.3 Å². The molecule has 0 heterocycles. The molecule has 0 fully saturated rings. The van der Waals surface area contributed by atoms with Crippen molar-refractivity contribution in [1.29, 1.82) is 0 Å². The van der Waals surface area contributed by atoms with Crippen LogP contribution in [0.4, 0.5) is 5.69 Å². The first-order valence-corrected chi connectivity index (χ1v) is 5.94. The highest BCUT2D eigenvalue weighted by atomic mass is 16.5. The quantitative estimate of drug-likeness (QED) is 0.645. The Labute approximate surface area is 112 Å². The third-order valence-corrected chi connectivity index (χ3v) is 2.72. The number of nitrogen functional groups attached to an aromatic ring is 1. The van der Waals surface area contributed by atoms with Crippen LogP contribution in [-0.4, -0.2) is 25.7 Å². The normalized spacial score (nSPS) is 10.9. The van der Waals surface area contributed by atoms with Crippen molar-refractivity contribution >= 4 is 17.6 Å². The molecule has 1 aromatic carbocycles. The maximum absolute atomic E-state index is 11.7. The number of anilines is 1. The minimum atomic E-state index is -0.855. The number of para-hydroxylation sites is 1. The smallest absolute Gasteiger partial charge is 0.314 e. The summed E-state index contributed by atoms with van der Waals surface area (Å²) < 4.78 is 9.73. The Morgan fingerprint density at radius 1 is 1.26 bits per heavy atom. The molecule has 19 heavy (non-hydrogen) atoms. The summed E-state index contributed by atoms with van der Waals surface area (Å²) in [7, 11) is 1.30. The number of ether oxygens (including phenoxy) is 2. The average Bonchev–Trinajstić information content (AvgIpc) is 2.38. The van der Waals surface area contributed by atoms with E-state index >= 15 is 0 Å². The summed E-state index contributed by atoms with van der Waals surface area (Å²) in [5, 5.41) is 0. The number of benzene rings is 1. The number of hydrogen-bond acceptors (Lipinski definition) is 5. The topological polar surface area (TPSA) is 78.6 Å². The molecule has 104 valence electrons. The van der Waals surface area contributed by atoms with Crippen molar-refractivity contribution in [1.82, 2.24) is 0 Å². The predicted molar refractivity (Wildman–Crippen MR) is 71.3 cm³/mol. The van der Waals surface area contributed by atoms with Gasteiger partial charge in [-0.2, -0.15) is 0 Å². The molecule has 0 saturated heterocycles. The summed E-state index contributed by atoms with van der Waals surface area (Å²) in [4.78, 5) is 23.1. The lowest BCUT2D eigenvalue weighted by Crippen LogP contribution is -2.32. The summed E-state index contributed by atoms with van der Waals surface area (Å²) in [5.74, 6) is -0.839. The van der Waals surface area contributed by atoms with Crippen molar-refractivity contribution in [3.63, 3.8) is 0 Å². The summed E-state index contributed by atoms with van der Waals surface area (Å²) in [6, 6.07) is 7.09. The van der Waals surface area contributed by atoms with Crippen LogP contribution in [0.5, 0.6) is 0 Å². The van der Waals surface area contributed by atoms with Crippen LogP contribution in [-0.2, 0) is 25.5 Å². The van der Waals surface area contributed by atoms with Gasteiger partial charge in [0.05, 0.1) is 18.9 Å². The number of carbonyl (C=O) groups excluding carboxylic acids is 2. The number of hydrogen-bond donors (Lipinski definition) is 1. The van der Waals surface area contributed by atoms with Crippen LogP contribution in [0.25, 0.3) is 0 Å². The first-order chi connectivity index (χ1) is 8.86. The number of rotatable bonds is 5. The molecule has 0 spiro atoms. The Bertz CT molecular complexity index is 468. The molecule has 0 unspecified atom stereocenters. The first kappa shape index (κ1) is 15.0. The molecule has 0 radical (unpaired) electrons. The monoisotopic (exact) mass is 265 g/mol. The van der Waals surface area contributed by atoms with Crippen LogP contribution >= 0.6 is 0 Å². The Balaban J connectivity index is 2.53. The molecule has 0 bridgehead atoms. The number of nitrogens with two attached hydrogens (primary N) is 1. The van der Waals surface area contributed by atoms with Crippen molar-refractivity contribution in [3.05, 3.63) is 29.8 Å². The fraction of sp³-hybridized carbons (Fsp3) is 0.429. The highest BCUT2D eigenvalue weighted by Crippen LogP contribution is 2.18. The highest BCUT2D eigenvalue weighted by molar-refractivity contribution is 5.78. The van der Waals surface area contributed by atoms with Crippen molar-refractivity contribution in [2.45, 2.75) is 20.3 Å². The zero-order valence-electron chi connectivity index (χ0n) is 11.4. The van der Waals surface area contributed by atoms with E-state index in [1.807, 2.05) is 0 Å². The largest absolute Gasteiger partial charge is 0.469 e. The SMILES string of the molecule is COC(=O)C(C)(C)COC(=O)Cc1ccccc1N. The van der Waals surface area contributed by atoms with Crippen molar-refractivity contribution < 1.29 is 19.1 Å². The Hall–Kier alpha value is -2.04. The van der Waals surface area contributed by atoms with Gasteiger partial charge in [0.25, 0.3) is 0 Å². The molecule has 0 saturated carbocycles. The van der Waals surface area contributed by atoms with Crippen LogP contribution in [0.2, 0.25) is 0 Å². The maximum atomic E-state index is 11.7. The van der Waals surface area contributed by atoms with Gasteiger partial charge in [-0.1, -0.05) is 18.2 Å². The van der Waals surface area contributed by atoms with Crippen molar-refractivity contribution in [2.24, 2.45) is 5.41 Å². The third kappa shape index (κ3) is 4.28. The number of methoxy groups -OCH3 is 1. The van der Waals surface area contributed by atoms with Crippen LogP contribution in [0.3, 0.4) is 0 Å². The third-order valence-electron chi connectivity index (χ3n) is 2.72. The standard InChI is InChI=1S/C14H19NO4/c1-14(2,13(17)18-3)9-19-12(16)8-10-6-4-5-7-11(10)15/h4-7H,8-9,15H2,1-3H3. The molecule has 0 atom stereocenters.